The van der Waals surface area contributed by atoms with Gasteiger partial charge in [0.2, 0.25) is 0 Å². The van der Waals surface area contributed by atoms with E-state index in [9.17, 15) is 0 Å². The Morgan fingerprint density at radius 1 is 1.20 bits per heavy atom. The summed E-state index contributed by atoms with van der Waals surface area (Å²) in [7, 11) is 0. The van der Waals surface area contributed by atoms with Gasteiger partial charge in [-0.05, 0) is 44.4 Å². The lowest BCUT2D eigenvalue weighted by Gasteiger charge is -2.22. The summed E-state index contributed by atoms with van der Waals surface area (Å²) in [6.07, 6.45) is 8.67. The van der Waals surface area contributed by atoms with Crippen LogP contribution >= 0.6 is 0 Å². The predicted molar refractivity (Wildman–Crippen MR) is 75.1 cm³/mol. The fraction of sp³-hybridized carbons (Fsp3) is 0.500. The first-order valence-corrected chi connectivity index (χ1v) is 7.50. The number of hydrogen-bond donors (Lipinski definition) is 0. The van der Waals surface area contributed by atoms with Crippen LogP contribution in [0.1, 0.15) is 55.0 Å². The number of pyridine rings is 1. The Kier molecular flexibility index (Phi) is 3.03. The van der Waals surface area contributed by atoms with E-state index in [-0.39, 0.29) is 0 Å². The summed E-state index contributed by atoms with van der Waals surface area (Å²) >= 11 is 0. The van der Waals surface area contributed by atoms with Gasteiger partial charge in [0, 0.05) is 12.1 Å². The molecule has 4 rings (SSSR count). The molecular formula is C16H19N3O. The van der Waals surface area contributed by atoms with Gasteiger partial charge in [-0.2, -0.15) is 0 Å². The summed E-state index contributed by atoms with van der Waals surface area (Å²) in [6, 6.07) is 6.59. The molecule has 4 nitrogen and oxygen atoms in total. The van der Waals surface area contributed by atoms with Gasteiger partial charge in [0.05, 0.1) is 24.5 Å². The second kappa shape index (κ2) is 5.02. The molecule has 2 aromatic heterocycles. The predicted octanol–water partition coefficient (Wildman–Crippen LogP) is 3.28. The van der Waals surface area contributed by atoms with Crippen LogP contribution in [0.5, 0.6) is 0 Å². The number of nitrogens with zero attached hydrogens (tertiary/aromatic N) is 3. The van der Waals surface area contributed by atoms with Crippen molar-refractivity contribution < 1.29 is 4.42 Å². The largest absolute Gasteiger partial charge is 0.444 e. The second-order valence-corrected chi connectivity index (χ2v) is 5.82. The molecule has 1 aliphatic carbocycles. The van der Waals surface area contributed by atoms with Crippen LogP contribution < -0.4 is 0 Å². The Labute approximate surface area is 118 Å². The average molecular weight is 269 g/mol. The number of hydrogen-bond acceptors (Lipinski definition) is 4. The first-order valence-electron chi connectivity index (χ1n) is 7.50. The lowest BCUT2D eigenvalue weighted by atomic mass is 10.1. The van der Waals surface area contributed by atoms with E-state index in [0.29, 0.717) is 12.0 Å². The molecule has 0 amide bonds. The molecule has 1 atom stereocenters. The van der Waals surface area contributed by atoms with Crippen molar-refractivity contribution in [2.75, 3.05) is 6.54 Å². The SMILES string of the molecule is c1ccc(C2CCCN2Cc2cnc(C3CC3)o2)nc1. The minimum Gasteiger partial charge on any atom is -0.444 e. The summed E-state index contributed by atoms with van der Waals surface area (Å²) in [5.74, 6) is 2.53. The lowest BCUT2D eigenvalue weighted by molar-refractivity contribution is 0.222. The van der Waals surface area contributed by atoms with Crippen LogP contribution in [0, 0.1) is 0 Å². The standard InChI is InChI=1S/C16H19N3O/c1-2-8-17-14(4-1)15-5-3-9-19(15)11-13-10-18-16(20-13)12-6-7-12/h1-2,4,8,10,12,15H,3,5-7,9,11H2. The molecule has 2 aliphatic rings. The molecule has 0 N–H and O–H groups in total. The van der Waals surface area contributed by atoms with Crippen molar-refractivity contribution in [3.05, 3.63) is 47.9 Å². The normalized spacial score (nSPS) is 23.3. The van der Waals surface area contributed by atoms with Gasteiger partial charge in [-0.3, -0.25) is 9.88 Å². The summed E-state index contributed by atoms with van der Waals surface area (Å²) in [4.78, 5) is 11.4. The molecule has 104 valence electrons. The molecule has 0 radical (unpaired) electrons. The molecule has 0 aromatic carbocycles. The zero-order chi connectivity index (χ0) is 13.4. The summed E-state index contributed by atoms with van der Waals surface area (Å²) in [5, 5.41) is 0. The van der Waals surface area contributed by atoms with E-state index in [1.165, 1.54) is 31.4 Å². The van der Waals surface area contributed by atoms with Crippen LogP contribution in [0.3, 0.4) is 0 Å². The molecule has 4 heteroatoms. The van der Waals surface area contributed by atoms with E-state index in [1.54, 1.807) is 0 Å². The van der Waals surface area contributed by atoms with Crippen LogP contribution in [-0.4, -0.2) is 21.4 Å². The van der Waals surface area contributed by atoms with Gasteiger partial charge >= 0.3 is 0 Å². The maximum atomic E-state index is 5.88. The molecule has 0 bridgehead atoms. The Morgan fingerprint density at radius 2 is 2.15 bits per heavy atom. The highest BCUT2D eigenvalue weighted by atomic mass is 16.4. The van der Waals surface area contributed by atoms with Crippen molar-refractivity contribution in [1.29, 1.82) is 0 Å². The maximum Gasteiger partial charge on any atom is 0.197 e. The van der Waals surface area contributed by atoms with Crippen LogP contribution in [-0.2, 0) is 6.54 Å². The summed E-state index contributed by atoms with van der Waals surface area (Å²) in [5.41, 5.74) is 1.17. The third-order valence-electron chi connectivity index (χ3n) is 4.25. The van der Waals surface area contributed by atoms with Crippen molar-refractivity contribution in [2.45, 2.75) is 44.2 Å². The van der Waals surface area contributed by atoms with Gasteiger partial charge in [0.15, 0.2) is 5.89 Å². The Hall–Kier alpha value is -1.68. The highest BCUT2D eigenvalue weighted by Crippen LogP contribution is 2.40. The van der Waals surface area contributed by atoms with Crippen molar-refractivity contribution >= 4 is 0 Å². The van der Waals surface area contributed by atoms with Gasteiger partial charge in [0.25, 0.3) is 0 Å². The van der Waals surface area contributed by atoms with E-state index in [4.69, 9.17) is 4.42 Å². The molecule has 2 fully saturated rings. The van der Waals surface area contributed by atoms with Crippen LogP contribution in [0.25, 0.3) is 0 Å². The highest BCUT2D eigenvalue weighted by Gasteiger charge is 2.30. The molecule has 0 spiro atoms. The van der Waals surface area contributed by atoms with Gasteiger partial charge in [0.1, 0.15) is 5.76 Å². The topological polar surface area (TPSA) is 42.2 Å². The van der Waals surface area contributed by atoms with E-state index >= 15 is 0 Å². The van der Waals surface area contributed by atoms with Crippen molar-refractivity contribution in [2.24, 2.45) is 0 Å². The lowest BCUT2D eigenvalue weighted by Crippen LogP contribution is -2.23. The minimum absolute atomic E-state index is 0.422. The fourth-order valence-electron chi connectivity index (χ4n) is 3.04. The third-order valence-corrected chi connectivity index (χ3v) is 4.25. The Morgan fingerprint density at radius 3 is 2.95 bits per heavy atom. The Bertz CT molecular complexity index is 576. The molecule has 1 saturated heterocycles. The smallest absolute Gasteiger partial charge is 0.197 e. The quantitative estimate of drug-likeness (QED) is 0.854. The summed E-state index contributed by atoms with van der Waals surface area (Å²) < 4.78 is 5.88. The minimum atomic E-state index is 0.422. The first kappa shape index (κ1) is 12.1. The van der Waals surface area contributed by atoms with Crippen LogP contribution in [0.15, 0.2) is 35.0 Å². The van der Waals surface area contributed by atoms with Gasteiger partial charge in [-0.25, -0.2) is 4.98 Å². The summed E-state index contributed by atoms with van der Waals surface area (Å²) in [6.45, 7) is 1.96. The molecule has 2 aromatic rings. The first-order chi connectivity index (χ1) is 9.90. The Balaban J connectivity index is 1.49. The molecule has 1 saturated carbocycles. The zero-order valence-electron chi connectivity index (χ0n) is 11.5. The van der Waals surface area contributed by atoms with E-state index in [0.717, 1.165) is 24.7 Å². The zero-order valence-corrected chi connectivity index (χ0v) is 11.5. The number of rotatable bonds is 4. The average Bonchev–Trinajstić information content (AvgIpc) is 3.06. The van der Waals surface area contributed by atoms with Crippen molar-refractivity contribution in [3.63, 3.8) is 0 Å². The number of oxazole rings is 1. The number of aromatic nitrogens is 2. The second-order valence-electron chi connectivity index (χ2n) is 5.82. The van der Waals surface area contributed by atoms with Crippen LogP contribution in [0.4, 0.5) is 0 Å². The van der Waals surface area contributed by atoms with Crippen LogP contribution in [0.2, 0.25) is 0 Å². The molecule has 3 heterocycles. The molecule has 1 unspecified atom stereocenters. The third kappa shape index (κ3) is 2.36. The highest BCUT2D eigenvalue weighted by molar-refractivity contribution is 5.11. The van der Waals surface area contributed by atoms with E-state index in [1.807, 2.05) is 18.5 Å². The molecular weight excluding hydrogens is 250 g/mol. The number of likely N-dealkylation sites (tertiary alicyclic amines) is 1. The molecule has 1 aliphatic heterocycles. The van der Waals surface area contributed by atoms with Gasteiger partial charge in [-0.1, -0.05) is 6.07 Å². The van der Waals surface area contributed by atoms with Gasteiger partial charge < -0.3 is 4.42 Å². The van der Waals surface area contributed by atoms with E-state index < -0.39 is 0 Å². The fourth-order valence-corrected chi connectivity index (χ4v) is 3.04. The maximum absolute atomic E-state index is 5.88. The molecule has 20 heavy (non-hydrogen) atoms. The van der Waals surface area contributed by atoms with E-state index in [2.05, 4.69) is 27.0 Å². The van der Waals surface area contributed by atoms with Crippen molar-refractivity contribution in [1.82, 2.24) is 14.9 Å². The monoisotopic (exact) mass is 269 g/mol. The van der Waals surface area contributed by atoms with Gasteiger partial charge in [-0.15, -0.1) is 0 Å². The van der Waals surface area contributed by atoms with Crippen molar-refractivity contribution in [3.8, 4) is 0 Å².